The molecule has 2 aromatic rings. The molecule has 1 saturated heterocycles. The molecule has 0 N–H and O–H groups in total. The molecular formula is C16H18N2O. The van der Waals surface area contributed by atoms with Crippen molar-refractivity contribution in [3.05, 3.63) is 66.0 Å². The van der Waals surface area contributed by atoms with Gasteiger partial charge in [-0.2, -0.15) is 0 Å². The van der Waals surface area contributed by atoms with Gasteiger partial charge in [-0.1, -0.05) is 36.4 Å². The number of ether oxygens (including phenoxy) is 1. The second-order valence-corrected chi connectivity index (χ2v) is 4.98. The molecule has 3 nitrogen and oxygen atoms in total. The van der Waals surface area contributed by atoms with Gasteiger partial charge in [-0.25, -0.2) is 0 Å². The highest BCUT2D eigenvalue weighted by Crippen LogP contribution is 2.40. The smallest absolute Gasteiger partial charge is 0.154 e. The van der Waals surface area contributed by atoms with Gasteiger partial charge < -0.3 is 4.74 Å². The fourth-order valence-electron chi connectivity index (χ4n) is 2.58. The molecule has 1 aromatic carbocycles. The molecule has 0 amide bonds. The second kappa shape index (κ2) is 5.11. The van der Waals surface area contributed by atoms with E-state index in [-0.39, 0.29) is 12.3 Å². The predicted molar refractivity (Wildman–Crippen MR) is 74.5 cm³/mol. The van der Waals surface area contributed by atoms with Crippen LogP contribution in [0.4, 0.5) is 0 Å². The van der Waals surface area contributed by atoms with E-state index >= 15 is 0 Å². The fourth-order valence-corrected chi connectivity index (χ4v) is 2.58. The lowest BCUT2D eigenvalue weighted by Crippen LogP contribution is -2.27. The molecule has 0 aliphatic carbocycles. The van der Waals surface area contributed by atoms with Crippen LogP contribution in [0.1, 0.15) is 30.5 Å². The van der Waals surface area contributed by atoms with Crippen LogP contribution in [0.25, 0.3) is 0 Å². The van der Waals surface area contributed by atoms with Crippen LogP contribution in [0.3, 0.4) is 0 Å². The SMILES string of the molecule is C[C@@H]1[C@@H](c2ccccc2)O[C@@H](c2ccccn2)N1C. The summed E-state index contributed by atoms with van der Waals surface area (Å²) in [6, 6.07) is 16.7. The number of benzene rings is 1. The molecule has 0 radical (unpaired) electrons. The van der Waals surface area contributed by atoms with Gasteiger partial charge in [0.25, 0.3) is 0 Å². The van der Waals surface area contributed by atoms with E-state index in [1.165, 1.54) is 5.56 Å². The molecule has 2 heterocycles. The molecule has 1 aliphatic heterocycles. The number of hydrogen-bond donors (Lipinski definition) is 0. The van der Waals surface area contributed by atoms with E-state index in [4.69, 9.17) is 4.74 Å². The van der Waals surface area contributed by atoms with Crippen LogP contribution in [-0.2, 0) is 4.74 Å². The quantitative estimate of drug-likeness (QED) is 0.823. The summed E-state index contributed by atoms with van der Waals surface area (Å²) in [5, 5.41) is 0. The number of hydrogen-bond acceptors (Lipinski definition) is 3. The number of nitrogens with zero attached hydrogens (tertiary/aromatic N) is 2. The molecule has 98 valence electrons. The maximum absolute atomic E-state index is 6.22. The Kier molecular flexibility index (Phi) is 3.32. The normalized spacial score (nSPS) is 27.6. The fraction of sp³-hybridized carbons (Fsp3) is 0.312. The van der Waals surface area contributed by atoms with Gasteiger partial charge >= 0.3 is 0 Å². The molecule has 3 atom stereocenters. The Balaban J connectivity index is 1.88. The average Bonchev–Trinajstić information content (AvgIpc) is 2.77. The van der Waals surface area contributed by atoms with Crippen LogP contribution >= 0.6 is 0 Å². The van der Waals surface area contributed by atoms with Gasteiger partial charge in [-0.15, -0.1) is 0 Å². The molecule has 0 saturated carbocycles. The first-order chi connectivity index (χ1) is 9.27. The first kappa shape index (κ1) is 12.3. The van der Waals surface area contributed by atoms with Crippen molar-refractivity contribution < 1.29 is 4.74 Å². The summed E-state index contributed by atoms with van der Waals surface area (Å²) < 4.78 is 6.22. The van der Waals surface area contributed by atoms with Crippen LogP contribution in [-0.4, -0.2) is 23.0 Å². The Morgan fingerprint density at radius 3 is 2.47 bits per heavy atom. The van der Waals surface area contributed by atoms with Crippen LogP contribution < -0.4 is 0 Å². The van der Waals surface area contributed by atoms with Crippen molar-refractivity contribution in [2.24, 2.45) is 0 Å². The Hall–Kier alpha value is -1.71. The summed E-state index contributed by atoms with van der Waals surface area (Å²) in [5.74, 6) is 0. The number of rotatable bonds is 2. The minimum absolute atomic E-state index is 0.0681. The van der Waals surface area contributed by atoms with Crippen LogP contribution in [0.15, 0.2) is 54.7 Å². The molecule has 0 unspecified atom stereocenters. The van der Waals surface area contributed by atoms with E-state index in [0.29, 0.717) is 6.04 Å². The first-order valence-electron chi connectivity index (χ1n) is 6.60. The minimum Gasteiger partial charge on any atom is -0.348 e. The highest BCUT2D eigenvalue weighted by Gasteiger charge is 2.39. The zero-order chi connectivity index (χ0) is 13.2. The molecule has 0 spiro atoms. The molecule has 1 aromatic heterocycles. The van der Waals surface area contributed by atoms with E-state index in [2.05, 4.69) is 48.1 Å². The molecule has 3 heteroatoms. The molecule has 19 heavy (non-hydrogen) atoms. The van der Waals surface area contributed by atoms with Crippen LogP contribution in [0.5, 0.6) is 0 Å². The van der Waals surface area contributed by atoms with Gasteiger partial charge in [-0.3, -0.25) is 9.88 Å². The first-order valence-corrected chi connectivity index (χ1v) is 6.60. The van der Waals surface area contributed by atoms with E-state index in [1.807, 2.05) is 30.5 Å². The van der Waals surface area contributed by atoms with Gasteiger partial charge in [0.1, 0.15) is 6.10 Å². The van der Waals surface area contributed by atoms with Gasteiger partial charge in [0.05, 0.1) is 5.69 Å². The summed E-state index contributed by atoms with van der Waals surface area (Å²) in [4.78, 5) is 6.64. The van der Waals surface area contributed by atoms with Crippen molar-refractivity contribution >= 4 is 0 Å². The van der Waals surface area contributed by atoms with Crippen molar-refractivity contribution in [1.29, 1.82) is 0 Å². The summed E-state index contributed by atoms with van der Waals surface area (Å²) in [6.45, 7) is 2.20. The predicted octanol–water partition coefficient (Wildman–Crippen LogP) is 3.17. The van der Waals surface area contributed by atoms with E-state index in [0.717, 1.165) is 5.69 Å². The van der Waals surface area contributed by atoms with Crippen LogP contribution in [0.2, 0.25) is 0 Å². The second-order valence-electron chi connectivity index (χ2n) is 4.98. The third kappa shape index (κ3) is 2.27. The van der Waals surface area contributed by atoms with E-state index in [9.17, 15) is 0 Å². The molecular weight excluding hydrogens is 236 g/mol. The summed E-state index contributed by atoms with van der Waals surface area (Å²) in [7, 11) is 2.09. The summed E-state index contributed by atoms with van der Waals surface area (Å²) in [5.41, 5.74) is 2.19. The lowest BCUT2D eigenvalue weighted by atomic mass is 10.0. The maximum atomic E-state index is 6.22. The van der Waals surface area contributed by atoms with E-state index in [1.54, 1.807) is 0 Å². The maximum Gasteiger partial charge on any atom is 0.154 e. The lowest BCUT2D eigenvalue weighted by Gasteiger charge is -2.20. The monoisotopic (exact) mass is 254 g/mol. The van der Waals surface area contributed by atoms with Crippen LogP contribution in [0, 0.1) is 0 Å². The zero-order valence-electron chi connectivity index (χ0n) is 11.2. The number of aromatic nitrogens is 1. The Morgan fingerprint density at radius 2 is 1.79 bits per heavy atom. The lowest BCUT2D eigenvalue weighted by molar-refractivity contribution is 0.00270. The molecule has 1 fully saturated rings. The molecule has 3 rings (SSSR count). The highest BCUT2D eigenvalue weighted by molar-refractivity contribution is 5.21. The molecule has 1 aliphatic rings. The summed E-state index contributed by atoms with van der Waals surface area (Å²) in [6.07, 6.45) is 1.84. The Morgan fingerprint density at radius 1 is 1.05 bits per heavy atom. The highest BCUT2D eigenvalue weighted by atomic mass is 16.5. The Bertz CT molecular complexity index is 479. The third-order valence-electron chi connectivity index (χ3n) is 3.79. The van der Waals surface area contributed by atoms with Gasteiger partial charge in [-0.05, 0) is 31.7 Å². The van der Waals surface area contributed by atoms with Crippen molar-refractivity contribution in [2.45, 2.75) is 25.3 Å². The van der Waals surface area contributed by atoms with Crippen molar-refractivity contribution in [3.8, 4) is 0 Å². The largest absolute Gasteiger partial charge is 0.348 e. The average molecular weight is 254 g/mol. The van der Waals surface area contributed by atoms with Gasteiger partial charge in [0.15, 0.2) is 6.23 Å². The summed E-state index contributed by atoms with van der Waals surface area (Å²) >= 11 is 0. The number of pyridine rings is 1. The molecule has 0 bridgehead atoms. The number of likely N-dealkylation sites (N-methyl/N-ethyl adjacent to an activating group) is 1. The van der Waals surface area contributed by atoms with Crippen molar-refractivity contribution in [1.82, 2.24) is 9.88 Å². The van der Waals surface area contributed by atoms with Gasteiger partial charge in [0, 0.05) is 12.2 Å². The van der Waals surface area contributed by atoms with Crippen molar-refractivity contribution in [3.63, 3.8) is 0 Å². The zero-order valence-corrected chi connectivity index (χ0v) is 11.2. The van der Waals surface area contributed by atoms with Gasteiger partial charge in [0.2, 0.25) is 0 Å². The van der Waals surface area contributed by atoms with Crippen molar-refractivity contribution in [2.75, 3.05) is 7.05 Å². The topological polar surface area (TPSA) is 25.4 Å². The van der Waals surface area contributed by atoms with E-state index < -0.39 is 0 Å². The third-order valence-corrected chi connectivity index (χ3v) is 3.79. The minimum atomic E-state index is -0.0681. The standard InChI is InChI=1S/C16H18N2O/c1-12-15(13-8-4-3-5-9-13)19-16(18(12)2)14-10-6-7-11-17-14/h3-12,15-16H,1-2H3/t12-,15+,16+/m1/s1. The Labute approximate surface area is 113 Å².